The summed E-state index contributed by atoms with van der Waals surface area (Å²) in [4.78, 5) is 12.7. The summed E-state index contributed by atoms with van der Waals surface area (Å²) in [7, 11) is 0. The van der Waals surface area contributed by atoms with Gasteiger partial charge >= 0.3 is 0 Å². The molecule has 0 unspecified atom stereocenters. The predicted octanol–water partition coefficient (Wildman–Crippen LogP) is 4.36. The molecule has 4 rings (SSSR count). The lowest BCUT2D eigenvalue weighted by Crippen LogP contribution is -2.36. The average molecular weight is 350 g/mol. The molecule has 0 amide bonds. The van der Waals surface area contributed by atoms with Crippen LogP contribution in [0, 0.1) is 10.1 Å². The zero-order valence-electron chi connectivity index (χ0n) is 14.1. The van der Waals surface area contributed by atoms with Gasteiger partial charge in [-0.25, -0.2) is 0 Å². The van der Waals surface area contributed by atoms with Crippen LogP contribution >= 0.6 is 0 Å². The molecule has 132 valence electrons. The van der Waals surface area contributed by atoms with E-state index in [-0.39, 0.29) is 5.69 Å². The van der Waals surface area contributed by atoms with Gasteiger partial charge < -0.3 is 14.1 Å². The first-order valence-corrected chi connectivity index (χ1v) is 8.49. The van der Waals surface area contributed by atoms with Gasteiger partial charge in [0.15, 0.2) is 5.76 Å². The molecule has 1 aromatic heterocycles. The van der Waals surface area contributed by atoms with Gasteiger partial charge in [-0.1, -0.05) is 30.3 Å². The quantitative estimate of drug-likeness (QED) is 0.516. The Labute approximate surface area is 150 Å². The Hall–Kier alpha value is -3.12. The van der Waals surface area contributed by atoms with E-state index in [9.17, 15) is 10.1 Å². The second-order valence-corrected chi connectivity index (χ2v) is 6.09. The standard InChI is InChI=1S/C20H18N2O4/c23-22(24)17-8-6-16(7-9-17)20-18(21-10-12-25-13-11-21)14-19(26-20)15-4-2-1-3-5-15/h1-9,14H,10-13H2. The maximum atomic E-state index is 10.9. The Balaban J connectivity index is 1.78. The second-order valence-electron chi connectivity index (χ2n) is 6.09. The molecule has 0 spiro atoms. The van der Waals surface area contributed by atoms with Gasteiger partial charge in [0.05, 0.1) is 23.8 Å². The number of benzene rings is 2. The van der Waals surface area contributed by atoms with Gasteiger partial charge in [0, 0.05) is 42.4 Å². The molecule has 6 nitrogen and oxygen atoms in total. The topological polar surface area (TPSA) is 68.8 Å². The van der Waals surface area contributed by atoms with Gasteiger partial charge in [0.1, 0.15) is 5.76 Å². The van der Waals surface area contributed by atoms with Crippen molar-refractivity contribution in [2.75, 3.05) is 31.2 Å². The van der Waals surface area contributed by atoms with Crippen molar-refractivity contribution in [3.63, 3.8) is 0 Å². The van der Waals surface area contributed by atoms with Crippen molar-refractivity contribution >= 4 is 11.4 Å². The number of furan rings is 1. The minimum Gasteiger partial charge on any atom is -0.454 e. The predicted molar refractivity (Wildman–Crippen MR) is 99.3 cm³/mol. The Kier molecular flexibility index (Phi) is 4.41. The van der Waals surface area contributed by atoms with Gasteiger partial charge in [-0.2, -0.15) is 0 Å². The van der Waals surface area contributed by atoms with Crippen molar-refractivity contribution in [1.82, 2.24) is 0 Å². The van der Waals surface area contributed by atoms with Crippen LogP contribution in [0.1, 0.15) is 0 Å². The van der Waals surface area contributed by atoms with E-state index in [1.54, 1.807) is 12.1 Å². The van der Waals surface area contributed by atoms with E-state index in [1.807, 2.05) is 36.4 Å². The summed E-state index contributed by atoms with van der Waals surface area (Å²) in [5, 5.41) is 10.9. The monoisotopic (exact) mass is 350 g/mol. The molecule has 6 heteroatoms. The summed E-state index contributed by atoms with van der Waals surface area (Å²) in [5.41, 5.74) is 2.87. The van der Waals surface area contributed by atoms with Crippen molar-refractivity contribution in [1.29, 1.82) is 0 Å². The van der Waals surface area contributed by atoms with Crippen LogP contribution in [0.25, 0.3) is 22.6 Å². The van der Waals surface area contributed by atoms with Crippen LogP contribution in [0.4, 0.5) is 11.4 Å². The molecule has 1 fully saturated rings. The molecule has 0 atom stereocenters. The third kappa shape index (κ3) is 3.19. The molecule has 1 aliphatic heterocycles. The van der Waals surface area contributed by atoms with Crippen LogP contribution < -0.4 is 4.90 Å². The average Bonchev–Trinajstić information content (AvgIpc) is 3.15. The minimum atomic E-state index is -0.399. The first kappa shape index (κ1) is 16.4. The number of nitro groups is 1. The summed E-state index contributed by atoms with van der Waals surface area (Å²) < 4.78 is 11.6. The number of nitro benzene ring substituents is 1. The smallest absolute Gasteiger partial charge is 0.269 e. The fourth-order valence-corrected chi connectivity index (χ4v) is 3.11. The fourth-order valence-electron chi connectivity index (χ4n) is 3.11. The molecule has 0 radical (unpaired) electrons. The molecule has 1 aliphatic rings. The van der Waals surface area contributed by atoms with Crippen molar-refractivity contribution in [3.05, 3.63) is 70.8 Å². The second kappa shape index (κ2) is 7.01. The van der Waals surface area contributed by atoms with E-state index in [2.05, 4.69) is 4.90 Å². The Bertz CT molecular complexity index is 897. The van der Waals surface area contributed by atoms with Gasteiger partial charge in [-0.15, -0.1) is 0 Å². The normalized spacial score (nSPS) is 14.4. The molecule has 0 aliphatic carbocycles. The minimum absolute atomic E-state index is 0.0662. The molecule has 1 saturated heterocycles. The maximum absolute atomic E-state index is 10.9. The van der Waals surface area contributed by atoms with E-state index >= 15 is 0 Å². The third-order valence-electron chi connectivity index (χ3n) is 4.46. The first-order chi connectivity index (χ1) is 12.7. The van der Waals surface area contributed by atoms with Crippen LogP contribution in [-0.2, 0) is 4.74 Å². The highest BCUT2D eigenvalue weighted by Gasteiger charge is 2.22. The third-order valence-corrected chi connectivity index (χ3v) is 4.46. The number of non-ortho nitro benzene ring substituents is 1. The molecule has 2 aromatic carbocycles. The highest BCUT2D eigenvalue weighted by Crippen LogP contribution is 2.39. The molecular formula is C20H18N2O4. The lowest BCUT2D eigenvalue weighted by molar-refractivity contribution is -0.384. The molecule has 0 N–H and O–H groups in total. The van der Waals surface area contributed by atoms with E-state index in [0.29, 0.717) is 13.2 Å². The number of ether oxygens (including phenoxy) is 1. The highest BCUT2D eigenvalue weighted by atomic mass is 16.6. The molecular weight excluding hydrogens is 332 g/mol. The van der Waals surface area contributed by atoms with Crippen LogP contribution in [0.15, 0.2) is 65.1 Å². The summed E-state index contributed by atoms with van der Waals surface area (Å²) >= 11 is 0. The summed E-state index contributed by atoms with van der Waals surface area (Å²) in [6.07, 6.45) is 0. The number of anilines is 1. The zero-order chi connectivity index (χ0) is 17.9. The number of rotatable bonds is 4. The van der Waals surface area contributed by atoms with E-state index < -0.39 is 4.92 Å². The number of hydrogen-bond acceptors (Lipinski definition) is 5. The first-order valence-electron chi connectivity index (χ1n) is 8.49. The molecule has 26 heavy (non-hydrogen) atoms. The zero-order valence-corrected chi connectivity index (χ0v) is 14.1. The van der Waals surface area contributed by atoms with Gasteiger partial charge in [-0.05, 0) is 12.1 Å². The Morgan fingerprint density at radius 2 is 1.62 bits per heavy atom. The van der Waals surface area contributed by atoms with Gasteiger partial charge in [-0.3, -0.25) is 10.1 Å². The number of hydrogen-bond donors (Lipinski definition) is 0. The van der Waals surface area contributed by atoms with Crippen molar-refractivity contribution in [2.24, 2.45) is 0 Å². The van der Waals surface area contributed by atoms with Crippen LogP contribution in [-0.4, -0.2) is 31.2 Å². The highest BCUT2D eigenvalue weighted by molar-refractivity contribution is 5.79. The van der Waals surface area contributed by atoms with Crippen LogP contribution in [0.3, 0.4) is 0 Å². The van der Waals surface area contributed by atoms with Crippen molar-refractivity contribution in [3.8, 4) is 22.6 Å². The number of morpholine rings is 1. The fraction of sp³-hybridized carbons (Fsp3) is 0.200. The summed E-state index contributed by atoms with van der Waals surface area (Å²) in [6.45, 7) is 2.92. The van der Waals surface area contributed by atoms with Crippen molar-refractivity contribution < 1.29 is 14.1 Å². The largest absolute Gasteiger partial charge is 0.454 e. The lowest BCUT2D eigenvalue weighted by Gasteiger charge is -2.28. The molecule has 2 heterocycles. The lowest BCUT2D eigenvalue weighted by atomic mass is 10.1. The Morgan fingerprint density at radius 3 is 2.27 bits per heavy atom. The summed E-state index contributed by atoms with van der Waals surface area (Å²) in [5.74, 6) is 1.50. The summed E-state index contributed by atoms with van der Waals surface area (Å²) in [6, 6.07) is 18.4. The van der Waals surface area contributed by atoms with Gasteiger partial charge in [0.25, 0.3) is 5.69 Å². The van der Waals surface area contributed by atoms with E-state index in [4.69, 9.17) is 9.15 Å². The molecule has 0 bridgehead atoms. The molecule has 3 aromatic rings. The van der Waals surface area contributed by atoms with E-state index in [1.165, 1.54) is 12.1 Å². The van der Waals surface area contributed by atoms with Gasteiger partial charge in [0.2, 0.25) is 0 Å². The Morgan fingerprint density at radius 1 is 0.923 bits per heavy atom. The number of nitrogens with zero attached hydrogens (tertiary/aromatic N) is 2. The van der Waals surface area contributed by atoms with E-state index in [0.717, 1.165) is 41.4 Å². The maximum Gasteiger partial charge on any atom is 0.269 e. The van der Waals surface area contributed by atoms with Crippen LogP contribution in [0.2, 0.25) is 0 Å². The van der Waals surface area contributed by atoms with Crippen LogP contribution in [0.5, 0.6) is 0 Å². The molecule has 0 saturated carbocycles. The van der Waals surface area contributed by atoms with Crippen molar-refractivity contribution in [2.45, 2.75) is 0 Å². The SMILES string of the molecule is O=[N+]([O-])c1ccc(-c2oc(-c3ccccc3)cc2N2CCOCC2)cc1.